The van der Waals surface area contributed by atoms with Crippen LogP contribution in [0.1, 0.15) is 13.8 Å². The Morgan fingerprint density at radius 3 is 2.71 bits per heavy atom. The lowest BCUT2D eigenvalue weighted by atomic mass is 10.2. The Labute approximate surface area is 131 Å². The molecule has 1 aromatic carbocycles. The summed E-state index contributed by atoms with van der Waals surface area (Å²) in [5.41, 5.74) is 1.07. The summed E-state index contributed by atoms with van der Waals surface area (Å²) in [5, 5.41) is 9.53. The van der Waals surface area contributed by atoms with E-state index in [9.17, 15) is 14.3 Å². The first-order valence-electron chi connectivity index (χ1n) is 6.25. The largest absolute Gasteiger partial charge is 0.506 e. The summed E-state index contributed by atoms with van der Waals surface area (Å²) in [4.78, 5) is 13.5. The van der Waals surface area contributed by atoms with Gasteiger partial charge in [0.05, 0.1) is 17.3 Å². The normalized spacial score (nSPS) is 18.8. The van der Waals surface area contributed by atoms with Crippen LogP contribution in [0.25, 0.3) is 0 Å². The third-order valence-corrected chi connectivity index (χ3v) is 3.82. The van der Waals surface area contributed by atoms with Crippen LogP contribution in [0, 0.1) is 5.82 Å². The fraction of sp³-hybridized carbons (Fsp3) is 0.357. The van der Waals surface area contributed by atoms with E-state index in [1.54, 1.807) is 13.8 Å². The number of carbonyl (C=O) groups is 1. The van der Waals surface area contributed by atoms with Gasteiger partial charge in [0.25, 0.3) is 5.91 Å². The number of aromatic hydroxyl groups is 1. The third kappa shape index (κ3) is 2.86. The van der Waals surface area contributed by atoms with Crippen LogP contribution in [0.15, 0.2) is 23.3 Å². The van der Waals surface area contributed by atoms with Crippen LogP contribution in [0.5, 0.6) is 5.75 Å². The molecule has 0 aliphatic carbocycles. The van der Waals surface area contributed by atoms with Gasteiger partial charge in [0.15, 0.2) is 6.23 Å². The molecule has 0 bridgehead atoms. The van der Waals surface area contributed by atoms with Crippen molar-refractivity contribution < 1.29 is 19.0 Å². The van der Waals surface area contributed by atoms with Crippen molar-refractivity contribution in [2.45, 2.75) is 20.1 Å². The summed E-state index contributed by atoms with van der Waals surface area (Å²) in [7, 11) is 0. The number of carbonyl (C=O) groups excluding carboxylic acids is 1. The molecule has 7 heteroatoms. The smallest absolute Gasteiger partial charge is 0.256 e. The Kier molecular flexibility index (Phi) is 4.76. The minimum atomic E-state index is -0.744. The van der Waals surface area contributed by atoms with Crippen molar-refractivity contribution in [3.05, 3.63) is 34.1 Å². The predicted molar refractivity (Wildman–Crippen MR) is 79.4 cm³/mol. The predicted octanol–water partition coefficient (Wildman–Crippen LogP) is 3.45. The van der Waals surface area contributed by atoms with Gasteiger partial charge in [0.1, 0.15) is 11.6 Å². The molecule has 0 spiro atoms. The highest BCUT2D eigenvalue weighted by Gasteiger charge is 2.38. The zero-order valence-corrected chi connectivity index (χ0v) is 13.0. The van der Waals surface area contributed by atoms with Crippen LogP contribution in [-0.4, -0.2) is 29.7 Å². The van der Waals surface area contributed by atoms with Crippen molar-refractivity contribution in [1.29, 1.82) is 0 Å². The summed E-state index contributed by atoms with van der Waals surface area (Å²) in [6.45, 7) is 3.59. The number of ether oxygens (including phenoxy) is 1. The second-order valence-electron chi connectivity index (χ2n) is 4.65. The van der Waals surface area contributed by atoms with E-state index in [2.05, 4.69) is 0 Å². The molecule has 1 aliphatic rings. The summed E-state index contributed by atoms with van der Waals surface area (Å²) < 4.78 is 19.6. The summed E-state index contributed by atoms with van der Waals surface area (Å²) in [6.07, 6.45) is -0.744. The second kappa shape index (κ2) is 6.22. The van der Waals surface area contributed by atoms with Crippen molar-refractivity contribution in [2.75, 3.05) is 17.4 Å². The van der Waals surface area contributed by atoms with Crippen LogP contribution in [0.2, 0.25) is 5.02 Å². The highest BCUT2D eigenvalue weighted by Crippen LogP contribution is 2.37. The number of nitrogens with zero attached hydrogens (tertiary/aromatic N) is 1. The number of benzene rings is 1. The van der Waals surface area contributed by atoms with Gasteiger partial charge < -0.3 is 9.84 Å². The molecule has 0 radical (unpaired) electrons. The van der Waals surface area contributed by atoms with Crippen LogP contribution in [0.4, 0.5) is 10.1 Å². The van der Waals surface area contributed by atoms with E-state index in [1.807, 2.05) is 0 Å². The molecule has 1 amide bonds. The summed E-state index contributed by atoms with van der Waals surface area (Å²) in [5.74, 6) is -1.15. The Hall–Kier alpha value is -1.30. The molecule has 1 atom stereocenters. The maximum Gasteiger partial charge on any atom is 0.256 e. The summed E-state index contributed by atoms with van der Waals surface area (Å²) in [6, 6.07) is 2.07. The highest BCUT2D eigenvalue weighted by molar-refractivity contribution is 6.32. The van der Waals surface area contributed by atoms with Crippen molar-refractivity contribution in [1.82, 2.24) is 0 Å². The van der Waals surface area contributed by atoms with Crippen molar-refractivity contribution in [3.63, 3.8) is 0 Å². The number of hydrogen-bond donors (Lipinski definition) is 1. The van der Waals surface area contributed by atoms with Crippen LogP contribution < -0.4 is 4.90 Å². The van der Waals surface area contributed by atoms with Gasteiger partial charge in [-0.2, -0.15) is 0 Å². The number of alkyl halides is 1. The maximum atomic E-state index is 14.1. The molecular formula is C14H14Cl2FNO3. The monoisotopic (exact) mass is 333 g/mol. The molecule has 0 saturated heterocycles. The van der Waals surface area contributed by atoms with Gasteiger partial charge in [-0.25, -0.2) is 4.39 Å². The van der Waals surface area contributed by atoms with E-state index in [-0.39, 0.29) is 34.9 Å². The topological polar surface area (TPSA) is 49.8 Å². The molecule has 2 rings (SSSR count). The first-order chi connectivity index (χ1) is 9.88. The van der Waals surface area contributed by atoms with Gasteiger partial charge >= 0.3 is 0 Å². The molecule has 1 unspecified atom stereocenters. The average molecular weight is 334 g/mol. The van der Waals surface area contributed by atoms with E-state index < -0.39 is 12.0 Å². The van der Waals surface area contributed by atoms with Gasteiger partial charge in [-0.3, -0.25) is 9.69 Å². The maximum absolute atomic E-state index is 14.1. The Bertz CT molecular complexity index is 618. The Balaban J connectivity index is 2.46. The van der Waals surface area contributed by atoms with Crippen molar-refractivity contribution in [2.24, 2.45) is 0 Å². The Morgan fingerprint density at radius 1 is 1.43 bits per heavy atom. The van der Waals surface area contributed by atoms with E-state index >= 15 is 0 Å². The molecule has 4 nitrogen and oxygen atoms in total. The van der Waals surface area contributed by atoms with E-state index in [1.165, 1.54) is 0 Å². The number of hydrogen-bond acceptors (Lipinski definition) is 3. The van der Waals surface area contributed by atoms with Gasteiger partial charge in [0, 0.05) is 17.5 Å². The molecule has 1 N–H and O–H groups in total. The molecule has 0 aromatic heterocycles. The van der Waals surface area contributed by atoms with Crippen LogP contribution >= 0.6 is 23.2 Å². The molecule has 21 heavy (non-hydrogen) atoms. The SMILES string of the molecule is CC1=C(C)C(OCCCl)N(c2cc(O)c(Cl)cc2F)C1=O. The molecular weight excluding hydrogens is 320 g/mol. The van der Waals surface area contributed by atoms with Gasteiger partial charge in [-0.1, -0.05) is 11.6 Å². The van der Waals surface area contributed by atoms with Crippen molar-refractivity contribution >= 4 is 34.8 Å². The zero-order valence-electron chi connectivity index (χ0n) is 11.5. The lowest BCUT2D eigenvalue weighted by Gasteiger charge is -2.27. The van der Waals surface area contributed by atoms with E-state index in [0.29, 0.717) is 11.1 Å². The number of anilines is 1. The molecule has 114 valence electrons. The number of amides is 1. The fourth-order valence-electron chi connectivity index (χ4n) is 2.14. The molecule has 0 fully saturated rings. The number of rotatable bonds is 4. The van der Waals surface area contributed by atoms with Crippen LogP contribution in [0.3, 0.4) is 0 Å². The molecule has 0 saturated carbocycles. The third-order valence-electron chi connectivity index (χ3n) is 3.36. The lowest BCUT2D eigenvalue weighted by Crippen LogP contribution is -2.38. The lowest BCUT2D eigenvalue weighted by molar-refractivity contribution is -0.116. The van der Waals surface area contributed by atoms with Gasteiger partial charge in [-0.15, -0.1) is 11.6 Å². The molecule has 1 aliphatic heterocycles. The molecule has 1 heterocycles. The van der Waals surface area contributed by atoms with Crippen LogP contribution in [-0.2, 0) is 9.53 Å². The highest BCUT2D eigenvalue weighted by atomic mass is 35.5. The summed E-state index contributed by atoms with van der Waals surface area (Å²) >= 11 is 11.2. The molecule has 1 aromatic rings. The first-order valence-corrected chi connectivity index (χ1v) is 7.16. The zero-order chi connectivity index (χ0) is 15.7. The fourth-order valence-corrected chi connectivity index (χ4v) is 2.38. The minimum Gasteiger partial charge on any atom is -0.506 e. The van der Waals surface area contributed by atoms with E-state index in [4.69, 9.17) is 27.9 Å². The van der Waals surface area contributed by atoms with E-state index in [0.717, 1.165) is 17.0 Å². The van der Waals surface area contributed by atoms with Crippen molar-refractivity contribution in [3.8, 4) is 5.75 Å². The minimum absolute atomic E-state index is 0.0855. The van der Waals surface area contributed by atoms with Gasteiger partial charge in [0.2, 0.25) is 0 Å². The van der Waals surface area contributed by atoms with Gasteiger partial charge in [-0.05, 0) is 25.5 Å². The Morgan fingerprint density at radius 2 is 2.10 bits per heavy atom. The number of phenolic OH excluding ortho intramolecular Hbond substituents is 1. The first kappa shape index (κ1) is 16.1. The second-order valence-corrected chi connectivity index (χ2v) is 5.44. The number of phenols is 1. The average Bonchev–Trinajstić information content (AvgIpc) is 2.65. The number of halogens is 3. The standard InChI is InChI=1S/C14H14Cl2FNO3/c1-7-8(2)14(21-4-3-15)18(13(7)20)11-6-12(19)9(16)5-10(11)17/h5-6,14,19H,3-4H2,1-2H3. The quantitative estimate of drug-likeness (QED) is 0.858.